The van der Waals surface area contributed by atoms with Gasteiger partial charge in [0.2, 0.25) is 0 Å². The molecule has 2 saturated heterocycles. The van der Waals surface area contributed by atoms with Gasteiger partial charge in [0.1, 0.15) is 0 Å². The number of urea groups is 1. The van der Waals surface area contributed by atoms with Crippen LogP contribution in [0.1, 0.15) is 10.4 Å². The lowest BCUT2D eigenvalue weighted by Crippen LogP contribution is -2.53. The van der Waals surface area contributed by atoms with Gasteiger partial charge in [-0.2, -0.15) is 0 Å². The largest absolute Gasteiger partial charge is 0.397 e. The summed E-state index contributed by atoms with van der Waals surface area (Å²) in [4.78, 5) is 27.5. The first-order valence-electron chi connectivity index (χ1n) is 6.45. The van der Waals surface area contributed by atoms with Crippen LogP contribution in [0.3, 0.4) is 0 Å². The van der Waals surface area contributed by atoms with Crippen molar-refractivity contribution < 1.29 is 9.59 Å². The molecule has 2 aliphatic heterocycles. The fourth-order valence-corrected chi connectivity index (χ4v) is 2.86. The molecule has 0 saturated carbocycles. The number of benzene rings is 1. The summed E-state index contributed by atoms with van der Waals surface area (Å²) >= 11 is 5.95. The van der Waals surface area contributed by atoms with Crippen LogP contribution in [0, 0.1) is 0 Å². The van der Waals surface area contributed by atoms with Crippen molar-refractivity contribution in [2.75, 3.05) is 31.9 Å². The van der Waals surface area contributed by atoms with Gasteiger partial charge in [-0.1, -0.05) is 17.7 Å². The van der Waals surface area contributed by atoms with Crippen molar-refractivity contribution in [3.63, 3.8) is 0 Å². The topological polar surface area (TPSA) is 78.7 Å². The van der Waals surface area contributed by atoms with E-state index in [1.54, 1.807) is 28.0 Å². The van der Waals surface area contributed by atoms with Crippen LogP contribution in [0.15, 0.2) is 18.2 Å². The molecule has 0 radical (unpaired) electrons. The number of rotatable bonds is 1. The molecule has 2 heterocycles. The van der Waals surface area contributed by atoms with Crippen LogP contribution >= 0.6 is 11.6 Å². The van der Waals surface area contributed by atoms with Crippen molar-refractivity contribution in [1.82, 2.24) is 15.1 Å². The third kappa shape index (κ3) is 2.06. The molecule has 1 aromatic carbocycles. The molecule has 6 nitrogen and oxygen atoms in total. The molecule has 3 rings (SSSR count). The lowest BCUT2D eigenvalue weighted by Gasteiger charge is -2.36. The number of anilines is 1. The normalized spacial score (nSPS) is 21.6. The van der Waals surface area contributed by atoms with Crippen molar-refractivity contribution in [3.8, 4) is 0 Å². The Morgan fingerprint density at radius 3 is 3.00 bits per heavy atom. The molecule has 1 unspecified atom stereocenters. The van der Waals surface area contributed by atoms with Gasteiger partial charge < -0.3 is 20.9 Å². The molecule has 3 N–H and O–H groups in total. The first-order chi connectivity index (χ1) is 9.58. The molecule has 1 aromatic rings. The molecule has 0 aromatic heterocycles. The lowest BCUT2D eigenvalue weighted by atomic mass is 10.1. The summed E-state index contributed by atoms with van der Waals surface area (Å²) in [5.74, 6) is -0.135. The van der Waals surface area contributed by atoms with Crippen molar-refractivity contribution in [3.05, 3.63) is 28.8 Å². The summed E-state index contributed by atoms with van der Waals surface area (Å²) in [6.45, 7) is 2.15. The number of amides is 3. The Balaban J connectivity index is 1.79. The van der Waals surface area contributed by atoms with E-state index >= 15 is 0 Å². The second-order valence-corrected chi connectivity index (χ2v) is 5.39. The standard InChI is InChI=1S/C13H15ClN4O2/c14-10-3-1-2-9(11(10)15)12(19)17-4-5-18-8(7-17)6-16-13(18)20/h1-3,8H,4-7,15H2,(H,16,20). The zero-order valence-electron chi connectivity index (χ0n) is 10.8. The van der Waals surface area contributed by atoms with Gasteiger partial charge in [0.25, 0.3) is 5.91 Å². The number of nitrogen functional groups attached to an aromatic ring is 1. The van der Waals surface area contributed by atoms with E-state index in [2.05, 4.69) is 5.32 Å². The summed E-state index contributed by atoms with van der Waals surface area (Å²) < 4.78 is 0. The van der Waals surface area contributed by atoms with Crippen LogP contribution in [0.4, 0.5) is 10.5 Å². The minimum Gasteiger partial charge on any atom is -0.397 e. The van der Waals surface area contributed by atoms with Gasteiger partial charge in [-0.05, 0) is 12.1 Å². The highest BCUT2D eigenvalue weighted by molar-refractivity contribution is 6.33. The molecular formula is C13H15ClN4O2. The number of hydrogen-bond acceptors (Lipinski definition) is 3. The number of carbonyl (C=O) groups excluding carboxylic acids is 2. The van der Waals surface area contributed by atoms with Gasteiger partial charge in [-0.15, -0.1) is 0 Å². The highest BCUT2D eigenvalue weighted by atomic mass is 35.5. The van der Waals surface area contributed by atoms with E-state index in [1.807, 2.05) is 0 Å². The average Bonchev–Trinajstić information content (AvgIpc) is 2.82. The quantitative estimate of drug-likeness (QED) is 0.751. The van der Waals surface area contributed by atoms with Crippen molar-refractivity contribution in [2.45, 2.75) is 6.04 Å². The van der Waals surface area contributed by atoms with E-state index in [4.69, 9.17) is 17.3 Å². The minimum atomic E-state index is -0.135. The molecule has 7 heteroatoms. The summed E-state index contributed by atoms with van der Waals surface area (Å²) in [5.41, 5.74) is 6.59. The number of nitrogens with one attached hydrogen (secondary N) is 1. The van der Waals surface area contributed by atoms with Crippen LogP contribution in [0.2, 0.25) is 5.02 Å². The van der Waals surface area contributed by atoms with Crippen LogP contribution in [-0.2, 0) is 0 Å². The predicted molar refractivity (Wildman–Crippen MR) is 75.7 cm³/mol. The maximum Gasteiger partial charge on any atom is 0.317 e. The Labute approximate surface area is 121 Å². The van der Waals surface area contributed by atoms with Crippen LogP contribution in [0.25, 0.3) is 0 Å². The van der Waals surface area contributed by atoms with Gasteiger partial charge in [0, 0.05) is 26.2 Å². The molecule has 1 atom stereocenters. The predicted octanol–water partition coefficient (Wildman–Crippen LogP) is 0.772. The lowest BCUT2D eigenvalue weighted by molar-refractivity contribution is 0.0618. The zero-order chi connectivity index (χ0) is 14.3. The summed E-state index contributed by atoms with van der Waals surface area (Å²) in [6.07, 6.45) is 0. The van der Waals surface area contributed by atoms with Crippen molar-refractivity contribution in [1.29, 1.82) is 0 Å². The molecule has 2 aliphatic rings. The Morgan fingerprint density at radius 2 is 2.20 bits per heavy atom. The number of nitrogens with two attached hydrogens (primary N) is 1. The third-order valence-electron chi connectivity index (χ3n) is 3.80. The SMILES string of the molecule is Nc1c(Cl)cccc1C(=O)N1CCN2C(=O)NCC2C1. The van der Waals surface area contributed by atoms with Crippen LogP contribution in [-0.4, -0.2) is 54.0 Å². The van der Waals surface area contributed by atoms with E-state index in [0.29, 0.717) is 42.5 Å². The molecule has 20 heavy (non-hydrogen) atoms. The van der Waals surface area contributed by atoms with E-state index in [1.165, 1.54) is 0 Å². The van der Waals surface area contributed by atoms with E-state index in [9.17, 15) is 9.59 Å². The molecular weight excluding hydrogens is 280 g/mol. The molecule has 0 aliphatic carbocycles. The maximum absolute atomic E-state index is 12.5. The molecule has 106 valence electrons. The summed E-state index contributed by atoms with van der Waals surface area (Å²) in [7, 11) is 0. The van der Waals surface area contributed by atoms with E-state index < -0.39 is 0 Å². The Kier molecular flexibility index (Phi) is 3.17. The van der Waals surface area contributed by atoms with Crippen LogP contribution < -0.4 is 11.1 Å². The fraction of sp³-hybridized carbons (Fsp3) is 0.385. The van der Waals surface area contributed by atoms with Gasteiger partial charge >= 0.3 is 6.03 Å². The Bertz CT molecular complexity index is 577. The second-order valence-electron chi connectivity index (χ2n) is 4.99. The third-order valence-corrected chi connectivity index (χ3v) is 4.13. The fourth-order valence-electron chi connectivity index (χ4n) is 2.68. The number of fused-ring (bicyclic) bond motifs is 1. The van der Waals surface area contributed by atoms with E-state index in [-0.39, 0.29) is 18.0 Å². The Hall–Kier alpha value is -1.95. The number of carbonyl (C=O) groups is 2. The van der Waals surface area contributed by atoms with E-state index in [0.717, 1.165) is 0 Å². The molecule has 3 amide bonds. The maximum atomic E-state index is 12.5. The molecule has 2 fully saturated rings. The highest BCUT2D eigenvalue weighted by Crippen LogP contribution is 2.25. The first-order valence-corrected chi connectivity index (χ1v) is 6.83. The first kappa shape index (κ1) is 13.1. The van der Waals surface area contributed by atoms with Crippen molar-refractivity contribution >= 4 is 29.2 Å². The minimum absolute atomic E-state index is 0.0422. The number of halogens is 1. The number of para-hydroxylation sites is 1. The van der Waals surface area contributed by atoms with Crippen LogP contribution in [0.5, 0.6) is 0 Å². The highest BCUT2D eigenvalue weighted by Gasteiger charge is 2.37. The van der Waals surface area contributed by atoms with Gasteiger partial charge in [0.15, 0.2) is 0 Å². The summed E-state index contributed by atoms with van der Waals surface area (Å²) in [5, 5.41) is 3.17. The number of nitrogens with zero attached hydrogens (tertiary/aromatic N) is 2. The second kappa shape index (κ2) is 4.86. The van der Waals surface area contributed by atoms with Gasteiger partial charge in [0.05, 0.1) is 22.3 Å². The average molecular weight is 295 g/mol. The van der Waals surface area contributed by atoms with Gasteiger partial charge in [-0.25, -0.2) is 4.79 Å². The zero-order valence-corrected chi connectivity index (χ0v) is 11.6. The smallest absolute Gasteiger partial charge is 0.317 e. The number of hydrogen-bond donors (Lipinski definition) is 2. The summed E-state index contributed by atoms with van der Waals surface area (Å²) in [6, 6.07) is 5.03. The molecule has 0 bridgehead atoms. The van der Waals surface area contributed by atoms with Gasteiger partial charge in [-0.3, -0.25) is 4.79 Å². The monoisotopic (exact) mass is 294 g/mol. The Morgan fingerprint density at radius 1 is 1.40 bits per heavy atom. The number of piperazine rings is 1. The molecule has 0 spiro atoms. The van der Waals surface area contributed by atoms with Crippen molar-refractivity contribution in [2.24, 2.45) is 0 Å².